The number of methoxy groups -OCH3 is 2. The highest BCUT2D eigenvalue weighted by molar-refractivity contribution is 8.00. The van der Waals surface area contributed by atoms with Crippen molar-refractivity contribution in [3.63, 3.8) is 0 Å². The van der Waals surface area contributed by atoms with Crippen molar-refractivity contribution in [2.45, 2.75) is 17.2 Å². The topological polar surface area (TPSA) is 74.5 Å². The lowest BCUT2D eigenvalue weighted by atomic mass is 10.2. The molecule has 0 saturated heterocycles. The molecule has 6 nitrogen and oxygen atoms in total. The molecule has 1 N–H and O–H groups in total. The standard InChI is InChI=1S/C16H18N2O4S/c1-11(23-15-6-4-5-9-18(15)20)16(19)17-12-7-8-13(21-2)14(10-12)22-3/h4-11H,1-3H3,(H,17,19)/t11-/m0/s1. The fraction of sp³-hybridized carbons (Fsp3) is 0.250. The van der Waals surface area contributed by atoms with Gasteiger partial charge in [-0.1, -0.05) is 0 Å². The van der Waals surface area contributed by atoms with Crippen LogP contribution in [-0.4, -0.2) is 25.4 Å². The van der Waals surface area contributed by atoms with Gasteiger partial charge in [-0.15, -0.1) is 0 Å². The van der Waals surface area contributed by atoms with Crippen molar-refractivity contribution < 1.29 is 19.0 Å². The summed E-state index contributed by atoms with van der Waals surface area (Å²) < 4.78 is 11.1. The van der Waals surface area contributed by atoms with E-state index in [1.807, 2.05) is 0 Å². The van der Waals surface area contributed by atoms with Gasteiger partial charge in [0.2, 0.25) is 5.91 Å². The van der Waals surface area contributed by atoms with Gasteiger partial charge >= 0.3 is 0 Å². The van der Waals surface area contributed by atoms with Crippen LogP contribution in [0.2, 0.25) is 0 Å². The maximum atomic E-state index is 12.3. The lowest BCUT2D eigenvalue weighted by molar-refractivity contribution is -0.645. The van der Waals surface area contributed by atoms with E-state index in [9.17, 15) is 10.0 Å². The summed E-state index contributed by atoms with van der Waals surface area (Å²) in [4.78, 5) is 12.3. The second-order valence-electron chi connectivity index (χ2n) is 4.68. The molecule has 1 heterocycles. The minimum Gasteiger partial charge on any atom is -0.618 e. The first-order valence-electron chi connectivity index (χ1n) is 6.93. The van der Waals surface area contributed by atoms with E-state index in [4.69, 9.17) is 9.47 Å². The Kier molecular flexibility index (Phi) is 5.70. The number of nitrogens with zero attached hydrogens (tertiary/aromatic N) is 1. The van der Waals surface area contributed by atoms with Gasteiger partial charge in [-0.25, -0.2) is 0 Å². The molecule has 0 spiro atoms. The van der Waals surface area contributed by atoms with Crippen molar-refractivity contribution in [2.24, 2.45) is 0 Å². The van der Waals surface area contributed by atoms with Gasteiger partial charge in [-0.2, -0.15) is 4.73 Å². The van der Waals surface area contributed by atoms with Crippen LogP contribution in [0.25, 0.3) is 0 Å². The molecule has 1 aromatic carbocycles. The minimum absolute atomic E-state index is 0.203. The van der Waals surface area contributed by atoms with Crippen molar-refractivity contribution >= 4 is 23.4 Å². The Labute approximate surface area is 139 Å². The molecule has 0 fully saturated rings. The van der Waals surface area contributed by atoms with E-state index in [1.165, 1.54) is 25.1 Å². The van der Waals surface area contributed by atoms with E-state index >= 15 is 0 Å². The number of aromatic nitrogens is 1. The van der Waals surface area contributed by atoms with E-state index in [-0.39, 0.29) is 5.91 Å². The van der Waals surface area contributed by atoms with Crippen molar-refractivity contribution in [1.82, 2.24) is 0 Å². The van der Waals surface area contributed by atoms with Crippen molar-refractivity contribution in [1.29, 1.82) is 0 Å². The number of benzene rings is 1. The first kappa shape index (κ1) is 17.0. The van der Waals surface area contributed by atoms with Crippen LogP contribution in [0.1, 0.15) is 6.92 Å². The lowest BCUT2D eigenvalue weighted by Crippen LogP contribution is -2.30. The van der Waals surface area contributed by atoms with Crippen molar-refractivity contribution in [3.05, 3.63) is 47.8 Å². The highest BCUT2D eigenvalue weighted by Crippen LogP contribution is 2.30. The Bertz CT molecular complexity index is 694. The minimum atomic E-state index is -0.425. The third-order valence-electron chi connectivity index (χ3n) is 3.11. The van der Waals surface area contributed by atoms with Crippen LogP contribution in [0, 0.1) is 5.21 Å². The Hall–Kier alpha value is -2.41. The number of thioether (sulfide) groups is 1. The predicted molar refractivity (Wildman–Crippen MR) is 88.9 cm³/mol. The normalized spacial score (nSPS) is 11.6. The number of carbonyl (C=O) groups excluding carboxylic acids is 1. The Morgan fingerprint density at radius 3 is 2.61 bits per heavy atom. The van der Waals surface area contributed by atoms with Gasteiger partial charge < -0.3 is 20.0 Å². The van der Waals surface area contributed by atoms with Gasteiger partial charge in [0.05, 0.1) is 19.5 Å². The Morgan fingerprint density at radius 1 is 1.22 bits per heavy atom. The van der Waals surface area contributed by atoms with Gasteiger partial charge in [0, 0.05) is 23.9 Å². The van der Waals surface area contributed by atoms with E-state index in [2.05, 4.69) is 5.32 Å². The van der Waals surface area contributed by atoms with Gasteiger partial charge in [0.25, 0.3) is 5.03 Å². The summed E-state index contributed by atoms with van der Waals surface area (Å²) in [5.74, 6) is 0.918. The fourth-order valence-corrected chi connectivity index (χ4v) is 2.75. The zero-order valence-corrected chi connectivity index (χ0v) is 13.9. The summed E-state index contributed by atoms with van der Waals surface area (Å²) in [6.45, 7) is 1.74. The van der Waals surface area contributed by atoms with Gasteiger partial charge in [0.15, 0.2) is 17.7 Å². The van der Waals surface area contributed by atoms with Crippen LogP contribution in [0.3, 0.4) is 0 Å². The van der Waals surface area contributed by atoms with Gasteiger partial charge in [0.1, 0.15) is 0 Å². The van der Waals surface area contributed by atoms with Crippen LogP contribution in [0.4, 0.5) is 5.69 Å². The molecule has 2 rings (SSSR count). The van der Waals surface area contributed by atoms with Gasteiger partial charge in [-0.05, 0) is 36.9 Å². The highest BCUT2D eigenvalue weighted by Gasteiger charge is 2.19. The Morgan fingerprint density at radius 2 is 1.96 bits per heavy atom. The molecule has 7 heteroatoms. The SMILES string of the molecule is COc1ccc(NC(=O)[C@H](C)Sc2cccc[n+]2[O-])cc1OC. The lowest BCUT2D eigenvalue weighted by Gasteiger charge is -2.13. The van der Waals surface area contributed by atoms with Crippen LogP contribution < -0.4 is 19.5 Å². The molecule has 1 atom stereocenters. The van der Waals surface area contributed by atoms with Crippen LogP contribution in [0.15, 0.2) is 47.6 Å². The molecule has 2 aromatic rings. The first-order valence-corrected chi connectivity index (χ1v) is 7.81. The highest BCUT2D eigenvalue weighted by atomic mass is 32.2. The predicted octanol–water partition coefficient (Wildman–Crippen LogP) is 2.46. The zero-order valence-electron chi connectivity index (χ0n) is 13.1. The van der Waals surface area contributed by atoms with Crippen LogP contribution in [0.5, 0.6) is 11.5 Å². The average molecular weight is 334 g/mol. The average Bonchev–Trinajstić information content (AvgIpc) is 2.56. The molecule has 0 aliphatic carbocycles. The fourth-order valence-electron chi connectivity index (χ4n) is 1.90. The number of hydrogen-bond acceptors (Lipinski definition) is 5. The number of anilines is 1. The van der Waals surface area contributed by atoms with E-state index in [1.54, 1.807) is 50.4 Å². The number of pyridine rings is 1. The second kappa shape index (κ2) is 7.73. The molecular formula is C16H18N2O4S. The molecule has 0 aliphatic rings. The largest absolute Gasteiger partial charge is 0.618 e. The van der Waals surface area contributed by atoms with E-state index in [0.717, 1.165) is 4.73 Å². The molecule has 0 unspecified atom stereocenters. The molecule has 1 aromatic heterocycles. The molecule has 122 valence electrons. The summed E-state index contributed by atoms with van der Waals surface area (Å²) in [5.41, 5.74) is 0.600. The smallest absolute Gasteiger partial charge is 0.252 e. The van der Waals surface area contributed by atoms with Crippen LogP contribution in [-0.2, 0) is 4.79 Å². The van der Waals surface area contributed by atoms with Crippen LogP contribution >= 0.6 is 11.8 Å². The molecule has 0 bridgehead atoms. The van der Waals surface area contributed by atoms with Crippen molar-refractivity contribution in [3.8, 4) is 11.5 Å². The number of hydrogen-bond donors (Lipinski definition) is 1. The third kappa shape index (κ3) is 4.29. The zero-order chi connectivity index (χ0) is 16.8. The third-order valence-corrected chi connectivity index (χ3v) is 4.23. The Balaban J connectivity index is 2.05. The summed E-state index contributed by atoms with van der Waals surface area (Å²) >= 11 is 1.20. The maximum Gasteiger partial charge on any atom is 0.252 e. The first-order chi connectivity index (χ1) is 11.0. The molecule has 0 saturated carbocycles. The van der Waals surface area contributed by atoms with E-state index < -0.39 is 5.25 Å². The number of ether oxygens (including phenoxy) is 2. The number of amides is 1. The van der Waals surface area contributed by atoms with E-state index in [0.29, 0.717) is 22.2 Å². The quantitative estimate of drug-likeness (QED) is 0.499. The summed E-state index contributed by atoms with van der Waals surface area (Å²) in [5, 5.41) is 14.5. The number of carbonyl (C=O) groups is 1. The maximum absolute atomic E-state index is 12.3. The number of nitrogens with one attached hydrogen (secondary N) is 1. The molecule has 0 radical (unpaired) electrons. The summed E-state index contributed by atoms with van der Waals surface area (Å²) in [6.07, 6.45) is 1.40. The van der Waals surface area contributed by atoms with Gasteiger partial charge in [-0.3, -0.25) is 4.79 Å². The van der Waals surface area contributed by atoms with Crippen molar-refractivity contribution in [2.75, 3.05) is 19.5 Å². The molecule has 1 amide bonds. The second-order valence-corrected chi connectivity index (χ2v) is 6.04. The number of rotatable bonds is 6. The summed E-state index contributed by atoms with van der Waals surface area (Å²) in [7, 11) is 3.08. The summed E-state index contributed by atoms with van der Waals surface area (Å²) in [6, 6.07) is 10.2. The monoisotopic (exact) mass is 334 g/mol. The molecular weight excluding hydrogens is 316 g/mol. The molecule has 0 aliphatic heterocycles. The molecule has 23 heavy (non-hydrogen) atoms.